The van der Waals surface area contributed by atoms with Crippen molar-refractivity contribution in [3.8, 4) is 5.88 Å². The second-order valence-electron chi connectivity index (χ2n) is 7.26. The van der Waals surface area contributed by atoms with E-state index in [-0.39, 0.29) is 5.92 Å². The zero-order valence-corrected chi connectivity index (χ0v) is 16.7. The zero-order chi connectivity index (χ0) is 22.5. The van der Waals surface area contributed by atoms with Crippen molar-refractivity contribution in [3.05, 3.63) is 12.4 Å². The van der Waals surface area contributed by atoms with Gasteiger partial charge in [-0.1, -0.05) is 6.92 Å². The third-order valence-electron chi connectivity index (χ3n) is 5.53. The number of alkyl halides is 3. The van der Waals surface area contributed by atoms with Gasteiger partial charge in [0.2, 0.25) is 5.88 Å². The SMILES string of the molecule is CCN1C[C@@H]2CN(c3cc(OC)ncn3)CCC[C@]2(C(=O)O)C1.O=C(O)C(F)(F)F. The van der Waals surface area contributed by atoms with Gasteiger partial charge in [0.15, 0.2) is 0 Å². The van der Waals surface area contributed by atoms with Gasteiger partial charge in [0.05, 0.1) is 12.5 Å². The lowest BCUT2D eigenvalue weighted by Crippen LogP contribution is -2.41. The largest absolute Gasteiger partial charge is 0.490 e. The number of carbonyl (C=O) groups is 2. The number of ether oxygens (including phenoxy) is 1. The van der Waals surface area contributed by atoms with Crippen LogP contribution in [0, 0.1) is 11.3 Å². The average molecular weight is 434 g/mol. The highest BCUT2D eigenvalue weighted by atomic mass is 19.4. The third kappa shape index (κ3) is 5.29. The van der Waals surface area contributed by atoms with Gasteiger partial charge in [-0.25, -0.2) is 14.8 Å². The van der Waals surface area contributed by atoms with Crippen LogP contribution in [0.5, 0.6) is 5.88 Å². The summed E-state index contributed by atoms with van der Waals surface area (Å²) in [5, 5.41) is 17.0. The minimum absolute atomic E-state index is 0.114. The van der Waals surface area contributed by atoms with Crippen LogP contribution in [0.15, 0.2) is 12.4 Å². The molecule has 2 aliphatic heterocycles. The maximum atomic E-state index is 12.0. The van der Waals surface area contributed by atoms with Crippen LogP contribution < -0.4 is 9.64 Å². The van der Waals surface area contributed by atoms with Crippen molar-refractivity contribution in [3.63, 3.8) is 0 Å². The summed E-state index contributed by atoms with van der Waals surface area (Å²) in [4.78, 5) is 33.7. The molecule has 2 N–H and O–H groups in total. The van der Waals surface area contributed by atoms with E-state index < -0.39 is 23.5 Å². The Morgan fingerprint density at radius 3 is 2.50 bits per heavy atom. The monoisotopic (exact) mass is 434 g/mol. The summed E-state index contributed by atoms with van der Waals surface area (Å²) in [6, 6.07) is 1.82. The summed E-state index contributed by atoms with van der Waals surface area (Å²) in [6.07, 6.45) is -2.01. The van der Waals surface area contributed by atoms with E-state index in [1.54, 1.807) is 7.11 Å². The Kier molecular flexibility index (Phi) is 7.45. The highest BCUT2D eigenvalue weighted by molar-refractivity contribution is 5.76. The van der Waals surface area contributed by atoms with Crippen LogP contribution in [0.3, 0.4) is 0 Å². The second kappa shape index (κ2) is 9.45. The molecule has 2 aliphatic rings. The van der Waals surface area contributed by atoms with E-state index in [1.165, 1.54) is 6.33 Å². The van der Waals surface area contributed by atoms with Gasteiger partial charge in [-0.3, -0.25) is 4.79 Å². The van der Waals surface area contributed by atoms with Gasteiger partial charge in [-0.15, -0.1) is 0 Å². The normalized spacial score (nSPS) is 24.3. The van der Waals surface area contributed by atoms with E-state index in [1.807, 2.05) is 6.07 Å². The lowest BCUT2D eigenvalue weighted by Gasteiger charge is -2.30. The number of methoxy groups -OCH3 is 1. The molecular formula is C18H25F3N4O5. The summed E-state index contributed by atoms with van der Waals surface area (Å²) in [5.41, 5.74) is -0.623. The van der Waals surface area contributed by atoms with Gasteiger partial charge >= 0.3 is 18.1 Å². The Hall–Kier alpha value is -2.63. The minimum atomic E-state index is -5.08. The number of carboxylic acid groups (broad SMARTS) is 2. The predicted octanol–water partition coefficient (Wildman–Crippen LogP) is 1.74. The summed E-state index contributed by atoms with van der Waals surface area (Å²) in [6.45, 7) is 6.01. The molecule has 2 saturated heterocycles. The van der Waals surface area contributed by atoms with Crippen LogP contribution in [-0.4, -0.2) is 83.0 Å². The number of halogens is 3. The number of aromatic nitrogens is 2. The highest BCUT2D eigenvalue weighted by Gasteiger charge is 2.53. The first-order valence-electron chi connectivity index (χ1n) is 9.40. The lowest BCUT2D eigenvalue weighted by molar-refractivity contribution is -0.192. The maximum absolute atomic E-state index is 12.0. The number of hydrogen-bond acceptors (Lipinski definition) is 7. The van der Waals surface area contributed by atoms with Gasteiger partial charge in [-0.05, 0) is 19.4 Å². The van der Waals surface area contributed by atoms with Crippen LogP contribution in [0.25, 0.3) is 0 Å². The van der Waals surface area contributed by atoms with Crippen molar-refractivity contribution in [1.82, 2.24) is 14.9 Å². The van der Waals surface area contributed by atoms with Gasteiger partial charge in [0.25, 0.3) is 0 Å². The van der Waals surface area contributed by atoms with E-state index in [0.29, 0.717) is 19.0 Å². The summed E-state index contributed by atoms with van der Waals surface area (Å²) < 4.78 is 36.9. The fraction of sp³-hybridized carbons (Fsp3) is 0.667. The molecule has 30 heavy (non-hydrogen) atoms. The molecule has 0 unspecified atom stereocenters. The average Bonchev–Trinajstić information content (AvgIpc) is 2.95. The molecule has 3 heterocycles. The lowest BCUT2D eigenvalue weighted by atomic mass is 9.75. The number of hydrogen-bond donors (Lipinski definition) is 2. The molecule has 0 saturated carbocycles. The molecule has 2 fully saturated rings. The number of fused-ring (bicyclic) bond motifs is 1. The van der Waals surface area contributed by atoms with Crippen LogP contribution >= 0.6 is 0 Å². The Bertz CT molecular complexity index is 764. The molecule has 0 aliphatic carbocycles. The fourth-order valence-corrected chi connectivity index (χ4v) is 3.95. The van der Waals surface area contributed by atoms with Crippen molar-refractivity contribution in [1.29, 1.82) is 0 Å². The number of anilines is 1. The van der Waals surface area contributed by atoms with Crippen molar-refractivity contribution in [2.45, 2.75) is 25.9 Å². The molecule has 0 amide bonds. The first-order chi connectivity index (χ1) is 14.0. The van der Waals surface area contributed by atoms with Crippen molar-refractivity contribution in [2.24, 2.45) is 11.3 Å². The second-order valence-corrected chi connectivity index (χ2v) is 7.26. The highest BCUT2D eigenvalue weighted by Crippen LogP contribution is 2.43. The van der Waals surface area contributed by atoms with E-state index >= 15 is 0 Å². The molecule has 12 heteroatoms. The van der Waals surface area contributed by atoms with Crippen LogP contribution in [0.2, 0.25) is 0 Å². The maximum Gasteiger partial charge on any atom is 0.490 e. The fourth-order valence-electron chi connectivity index (χ4n) is 3.95. The van der Waals surface area contributed by atoms with Crippen LogP contribution in [-0.2, 0) is 9.59 Å². The van der Waals surface area contributed by atoms with Crippen molar-refractivity contribution < 1.29 is 37.7 Å². The van der Waals surface area contributed by atoms with Crippen molar-refractivity contribution in [2.75, 3.05) is 44.7 Å². The van der Waals surface area contributed by atoms with Gasteiger partial charge in [0.1, 0.15) is 12.1 Å². The van der Waals surface area contributed by atoms with E-state index in [9.17, 15) is 23.1 Å². The summed E-state index contributed by atoms with van der Waals surface area (Å²) in [7, 11) is 1.58. The number of rotatable bonds is 4. The molecule has 0 aromatic carbocycles. The number of nitrogens with zero attached hydrogens (tertiary/aromatic N) is 4. The molecule has 0 spiro atoms. The number of aliphatic carboxylic acids is 2. The third-order valence-corrected chi connectivity index (χ3v) is 5.53. The first-order valence-corrected chi connectivity index (χ1v) is 9.40. The van der Waals surface area contributed by atoms with E-state index in [2.05, 4.69) is 26.7 Å². The molecule has 0 radical (unpaired) electrons. The van der Waals surface area contributed by atoms with Gasteiger partial charge in [0, 0.05) is 38.2 Å². The Morgan fingerprint density at radius 2 is 1.97 bits per heavy atom. The zero-order valence-electron chi connectivity index (χ0n) is 16.7. The molecule has 9 nitrogen and oxygen atoms in total. The molecule has 1 aromatic heterocycles. The minimum Gasteiger partial charge on any atom is -0.481 e. The number of likely N-dealkylation sites (tertiary alicyclic amines) is 1. The topological polar surface area (TPSA) is 116 Å². The molecule has 2 atom stereocenters. The molecular weight excluding hydrogens is 409 g/mol. The predicted molar refractivity (Wildman–Crippen MR) is 99.4 cm³/mol. The summed E-state index contributed by atoms with van der Waals surface area (Å²) in [5.74, 6) is -1.95. The Morgan fingerprint density at radius 1 is 1.30 bits per heavy atom. The first kappa shape index (κ1) is 23.6. The smallest absolute Gasteiger partial charge is 0.481 e. The van der Waals surface area contributed by atoms with Crippen LogP contribution in [0.1, 0.15) is 19.8 Å². The Balaban J connectivity index is 0.000000396. The van der Waals surface area contributed by atoms with Gasteiger partial charge < -0.3 is 24.7 Å². The Labute approximate surface area is 171 Å². The van der Waals surface area contributed by atoms with Crippen molar-refractivity contribution >= 4 is 17.8 Å². The van der Waals surface area contributed by atoms with E-state index in [4.69, 9.17) is 14.6 Å². The molecule has 3 rings (SSSR count). The molecule has 1 aromatic rings. The van der Waals surface area contributed by atoms with E-state index in [0.717, 1.165) is 38.3 Å². The quantitative estimate of drug-likeness (QED) is 0.731. The molecule has 0 bridgehead atoms. The van der Waals surface area contributed by atoms with Gasteiger partial charge in [-0.2, -0.15) is 13.2 Å². The van der Waals surface area contributed by atoms with Crippen LogP contribution in [0.4, 0.5) is 19.0 Å². The standard InChI is InChI=1S/C16H24N4O3.C2HF3O2/c1-3-19-8-12-9-20(13-7-14(23-2)18-11-17-13)6-4-5-16(12,10-19)15(21)22;3-2(4,5)1(6)7/h7,11-12H,3-6,8-10H2,1-2H3,(H,21,22);(H,6,7)/t12-,16+;/m1./s1. The summed E-state index contributed by atoms with van der Waals surface area (Å²) >= 11 is 0. The number of carboxylic acids is 2. The molecule has 168 valence electrons.